The van der Waals surface area contributed by atoms with Crippen LogP contribution in [0.2, 0.25) is 0 Å². The molecule has 2 aliphatic rings. The molecular formula is C19H28ClN3O3. The number of anilines is 1. The number of likely N-dealkylation sites (tertiary alicyclic amines) is 1. The second-order valence-corrected chi connectivity index (χ2v) is 6.99. The van der Waals surface area contributed by atoms with E-state index in [9.17, 15) is 9.59 Å². The van der Waals surface area contributed by atoms with E-state index in [2.05, 4.69) is 10.6 Å². The van der Waals surface area contributed by atoms with Gasteiger partial charge in [-0.3, -0.25) is 9.59 Å². The molecule has 0 aliphatic carbocycles. The molecule has 2 aliphatic heterocycles. The standard InChI is InChI=1S/C19H27N3O3.ClH/c1-25-14-19(8-10-20-11-9-19)18(24)21-16-6-4-15(5-7-16)17(23)22-12-2-3-13-22;/h4-7,20H,2-3,8-14H2,1H3,(H,21,24);1H. The topological polar surface area (TPSA) is 70.7 Å². The van der Waals surface area contributed by atoms with Gasteiger partial charge in [0, 0.05) is 31.5 Å². The predicted octanol–water partition coefficient (Wildman–Crippen LogP) is 2.30. The van der Waals surface area contributed by atoms with Gasteiger partial charge in [-0.15, -0.1) is 12.4 Å². The van der Waals surface area contributed by atoms with Crippen molar-refractivity contribution in [3.8, 4) is 0 Å². The molecule has 0 saturated carbocycles. The van der Waals surface area contributed by atoms with Crippen LogP contribution in [-0.4, -0.2) is 56.6 Å². The van der Waals surface area contributed by atoms with Gasteiger partial charge in [0.1, 0.15) is 0 Å². The fourth-order valence-corrected chi connectivity index (χ4v) is 3.68. The molecule has 144 valence electrons. The van der Waals surface area contributed by atoms with E-state index in [0.29, 0.717) is 12.2 Å². The average molecular weight is 382 g/mol. The largest absolute Gasteiger partial charge is 0.384 e. The third kappa shape index (κ3) is 4.55. The van der Waals surface area contributed by atoms with Crippen molar-refractivity contribution < 1.29 is 14.3 Å². The number of hydrogen-bond donors (Lipinski definition) is 2. The lowest BCUT2D eigenvalue weighted by molar-refractivity contribution is -0.130. The van der Waals surface area contributed by atoms with E-state index in [1.54, 1.807) is 19.2 Å². The van der Waals surface area contributed by atoms with Crippen LogP contribution in [-0.2, 0) is 9.53 Å². The van der Waals surface area contributed by atoms with Crippen LogP contribution in [0.25, 0.3) is 0 Å². The summed E-state index contributed by atoms with van der Waals surface area (Å²) in [6.45, 7) is 3.74. The van der Waals surface area contributed by atoms with Crippen LogP contribution >= 0.6 is 12.4 Å². The van der Waals surface area contributed by atoms with Crippen LogP contribution in [0.3, 0.4) is 0 Å². The number of benzene rings is 1. The van der Waals surface area contributed by atoms with Crippen molar-refractivity contribution in [2.45, 2.75) is 25.7 Å². The van der Waals surface area contributed by atoms with E-state index < -0.39 is 5.41 Å². The number of methoxy groups -OCH3 is 1. The van der Waals surface area contributed by atoms with E-state index in [-0.39, 0.29) is 24.2 Å². The van der Waals surface area contributed by atoms with Gasteiger partial charge in [0.15, 0.2) is 0 Å². The maximum Gasteiger partial charge on any atom is 0.253 e. The summed E-state index contributed by atoms with van der Waals surface area (Å²) in [6.07, 6.45) is 3.68. The smallest absolute Gasteiger partial charge is 0.253 e. The van der Waals surface area contributed by atoms with Crippen molar-refractivity contribution in [3.63, 3.8) is 0 Å². The van der Waals surface area contributed by atoms with Crippen molar-refractivity contribution in [3.05, 3.63) is 29.8 Å². The van der Waals surface area contributed by atoms with Crippen LogP contribution < -0.4 is 10.6 Å². The van der Waals surface area contributed by atoms with Crippen LogP contribution in [0.15, 0.2) is 24.3 Å². The highest BCUT2D eigenvalue weighted by Gasteiger charge is 2.39. The van der Waals surface area contributed by atoms with Gasteiger partial charge in [0.25, 0.3) is 5.91 Å². The lowest BCUT2D eigenvalue weighted by atomic mass is 9.78. The summed E-state index contributed by atoms with van der Waals surface area (Å²) >= 11 is 0. The molecule has 2 saturated heterocycles. The summed E-state index contributed by atoms with van der Waals surface area (Å²) in [5.74, 6) is 0.0686. The Morgan fingerprint density at radius 3 is 2.35 bits per heavy atom. The highest BCUT2D eigenvalue weighted by atomic mass is 35.5. The number of carbonyl (C=O) groups excluding carboxylic acids is 2. The quantitative estimate of drug-likeness (QED) is 0.821. The molecule has 0 unspecified atom stereocenters. The second-order valence-electron chi connectivity index (χ2n) is 6.99. The molecule has 0 atom stereocenters. The Balaban J connectivity index is 0.00000243. The van der Waals surface area contributed by atoms with Gasteiger partial charge in [-0.25, -0.2) is 0 Å². The maximum atomic E-state index is 12.8. The summed E-state index contributed by atoms with van der Waals surface area (Å²) in [4.78, 5) is 27.1. The molecular weight excluding hydrogens is 354 g/mol. The molecule has 2 N–H and O–H groups in total. The second kappa shape index (κ2) is 9.35. The Bertz CT molecular complexity index is 603. The van der Waals surface area contributed by atoms with E-state index in [1.165, 1.54) is 0 Å². The van der Waals surface area contributed by atoms with Gasteiger partial charge in [-0.05, 0) is 63.0 Å². The van der Waals surface area contributed by atoms with Crippen molar-refractivity contribution in [2.24, 2.45) is 5.41 Å². The molecule has 6 nitrogen and oxygen atoms in total. The first kappa shape index (κ1) is 20.7. The Labute approximate surface area is 161 Å². The number of nitrogens with one attached hydrogen (secondary N) is 2. The Morgan fingerprint density at radius 1 is 1.15 bits per heavy atom. The third-order valence-electron chi connectivity index (χ3n) is 5.25. The molecule has 0 aromatic heterocycles. The van der Waals surface area contributed by atoms with Gasteiger partial charge < -0.3 is 20.3 Å². The molecule has 26 heavy (non-hydrogen) atoms. The Kier molecular flexibility index (Phi) is 7.43. The number of halogens is 1. The fourth-order valence-electron chi connectivity index (χ4n) is 3.68. The minimum atomic E-state index is -0.482. The summed E-state index contributed by atoms with van der Waals surface area (Å²) in [5, 5.41) is 6.29. The van der Waals surface area contributed by atoms with Gasteiger partial charge in [-0.1, -0.05) is 0 Å². The average Bonchev–Trinajstić information content (AvgIpc) is 3.17. The first-order valence-corrected chi connectivity index (χ1v) is 9.05. The van der Waals surface area contributed by atoms with Crippen LogP contribution in [0.5, 0.6) is 0 Å². The van der Waals surface area contributed by atoms with E-state index in [0.717, 1.165) is 57.5 Å². The zero-order valence-electron chi connectivity index (χ0n) is 15.3. The minimum absolute atomic E-state index is 0. The zero-order valence-corrected chi connectivity index (χ0v) is 16.1. The summed E-state index contributed by atoms with van der Waals surface area (Å²) in [5.41, 5.74) is 0.912. The summed E-state index contributed by atoms with van der Waals surface area (Å²) < 4.78 is 5.31. The van der Waals surface area contributed by atoms with Crippen molar-refractivity contribution in [1.82, 2.24) is 10.2 Å². The lowest BCUT2D eigenvalue weighted by Gasteiger charge is -2.35. The molecule has 1 aromatic carbocycles. The molecule has 0 spiro atoms. The molecule has 0 bridgehead atoms. The number of amides is 2. The molecule has 3 rings (SSSR count). The number of hydrogen-bond acceptors (Lipinski definition) is 4. The van der Waals surface area contributed by atoms with Gasteiger partial charge in [0.2, 0.25) is 5.91 Å². The fraction of sp³-hybridized carbons (Fsp3) is 0.579. The van der Waals surface area contributed by atoms with Gasteiger partial charge in [0.05, 0.1) is 12.0 Å². The highest BCUT2D eigenvalue weighted by molar-refractivity contribution is 5.97. The van der Waals surface area contributed by atoms with E-state index in [4.69, 9.17) is 4.74 Å². The Morgan fingerprint density at radius 2 is 1.77 bits per heavy atom. The van der Waals surface area contributed by atoms with Gasteiger partial charge >= 0.3 is 0 Å². The maximum absolute atomic E-state index is 12.8. The first-order chi connectivity index (χ1) is 12.1. The Hall–Kier alpha value is -1.63. The normalized spacial score (nSPS) is 18.9. The van der Waals surface area contributed by atoms with Gasteiger partial charge in [-0.2, -0.15) is 0 Å². The number of rotatable bonds is 5. The minimum Gasteiger partial charge on any atom is -0.384 e. The summed E-state index contributed by atoms with van der Waals surface area (Å²) in [7, 11) is 1.63. The van der Waals surface area contributed by atoms with Crippen molar-refractivity contribution in [2.75, 3.05) is 45.2 Å². The molecule has 0 radical (unpaired) electrons. The molecule has 1 aromatic rings. The zero-order chi connectivity index (χ0) is 17.7. The van der Waals surface area contributed by atoms with Crippen LogP contribution in [0.4, 0.5) is 5.69 Å². The van der Waals surface area contributed by atoms with E-state index >= 15 is 0 Å². The number of nitrogens with zero attached hydrogens (tertiary/aromatic N) is 1. The number of piperidine rings is 1. The van der Waals surface area contributed by atoms with Crippen LogP contribution in [0, 0.1) is 5.41 Å². The predicted molar refractivity (Wildman–Crippen MR) is 104 cm³/mol. The highest BCUT2D eigenvalue weighted by Crippen LogP contribution is 2.31. The van der Waals surface area contributed by atoms with E-state index in [1.807, 2.05) is 17.0 Å². The molecule has 2 fully saturated rings. The molecule has 2 amide bonds. The summed E-state index contributed by atoms with van der Waals surface area (Å²) in [6, 6.07) is 7.20. The van der Waals surface area contributed by atoms with Crippen LogP contribution in [0.1, 0.15) is 36.0 Å². The first-order valence-electron chi connectivity index (χ1n) is 9.05. The number of ether oxygens (including phenoxy) is 1. The SMILES string of the molecule is COCC1(C(=O)Nc2ccc(C(=O)N3CCCC3)cc2)CCNCC1.Cl. The lowest BCUT2D eigenvalue weighted by Crippen LogP contribution is -2.47. The molecule has 7 heteroatoms. The van der Waals surface area contributed by atoms with Crippen molar-refractivity contribution in [1.29, 1.82) is 0 Å². The monoisotopic (exact) mass is 381 g/mol. The third-order valence-corrected chi connectivity index (χ3v) is 5.25. The number of carbonyl (C=O) groups is 2. The molecule has 2 heterocycles. The van der Waals surface area contributed by atoms with Crippen molar-refractivity contribution >= 4 is 29.9 Å².